The Morgan fingerprint density at radius 3 is 1.62 bits per heavy atom. The summed E-state index contributed by atoms with van der Waals surface area (Å²) in [5.74, 6) is 0. The Bertz CT molecular complexity index is 3060. The Hall–Kier alpha value is -6.52. The molecule has 0 N–H and O–H groups in total. The summed E-state index contributed by atoms with van der Waals surface area (Å²) in [6, 6.07) is 55.9. The van der Waals surface area contributed by atoms with E-state index in [2.05, 4.69) is 143 Å². The lowest BCUT2D eigenvalue weighted by Crippen LogP contribution is -1.97. The van der Waals surface area contributed by atoms with Crippen LogP contribution in [0.3, 0.4) is 0 Å². The molecule has 48 heavy (non-hydrogen) atoms. The van der Waals surface area contributed by atoms with E-state index in [0.717, 1.165) is 60.9 Å². The Morgan fingerprint density at radius 1 is 0.333 bits per heavy atom. The van der Waals surface area contributed by atoms with Gasteiger partial charge in [-0.3, -0.25) is 4.57 Å². The summed E-state index contributed by atoms with van der Waals surface area (Å²) in [7, 11) is 0. The highest BCUT2D eigenvalue weighted by molar-refractivity contribution is 6.20. The van der Waals surface area contributed by atoms with Gasteiger partial charge in [0.1, 0.15) is 16.7 Å². The van der Waals surface area contributed by atoms with Gasteiger partial charge in [-0.25, -0.2) is 0 Å². The number of fused-ring (bicyclic) bond motifs is 11. The molecule has 0 aliphatic heterocycles. The molecule has 0 fully saturated rings. The van der Waals surface area contributed by atoms with E-state index in [-0.39, 0.29) is 0 Å². The number of furan rings is 2. The van der Waals surface area contributed by atoms with Crippen LogP contribution in [0.5, 0.6) is 0 Å². The van der Waals surface area contributed by atoms with Crippen molar-refractivity contribution in [3.63, 3.8) is 0 Å². The van der Waals surface area contributed by atoms with Gasteiger partial charge in [0.2, 0.25) is 5.71 Å². The number of benzene rings is 7. The summed E-state index contributed by atoms with van der Waals surface area (Å²) in [4.78, 5) is 0. The number of rotatable bonds is 3. The number of para-hydroxylation sites is 4. The molecule has 4 heterocycles. The number of nitrogens with zero attached hydrogens (tertiary/aromatic N) is 2. The second-order valence-corrected chi connectivity index (χ2v) is 12.5. The molecule has 0 aliphatic carbocycles. The molecular formula is C44H26N2O2. The normalized spacial score (nSPS) is 12.2. The minimum absolute atomic E-state index is 0.871. The van der Waals surface area contributed by atoms with Crippen molar-refractivity contribution in [1.29, 1.82) is 0 Å². The minimum atomic E-state index is 0.871. The molecule has 0 saturated carbocycles. The fourth-order valence-corrected chi connectivity index (χ4v) is 7.78. The van der Waals surface area contributed by atoms with Crippen LogP contribution in [0, 0.1) is 0 Å². The number of aromatic nitrogens is 2. The lowest BCUT2D eigenvalue weighted by Gasteiger charge is -2.11. The maximum absolute atomic E-state index is 6.48. The van der Waals surface area contributed by atoms with Gasteiger partial charge in [0.15, 0.2) is 0 Å². The largest absolute Gasteiger partial charge is 0.456 e. The second kappa shape index (κ2) is 9.50. The zero-order chi connectivity index (χ0) is 31.3. The molecule has 11 aromatic rings. The van der Waals surface area contributed by atoms with Crippen molar-refractivity contribution >= 4 is 76.7 Å². The summed E-state index contributed by atoms with van der Waals surface area (Å²) in [6.45, 7) is 0. The van der Waals surface area contributed by atoms with Crippen LogP contribution >= 0.6 is 0 Å². The van der Waals surface area contributed by atoms with Crippen molar-refractivity contribution in [1.82, 2.24) is 9.13 Å². The molecule has 4 heteroatoms. The fraction of sp³-hybridized carbons (Fsp3) is 0. The van der Waals surface area contributed by atoms with Gasteiger partial charge >= 0.3 is 0 Å². The van der Waals surface area contributed by atoms with Gasteiger partial charge in [0.05, 0.1) is 21.9 Å². The van der Waals surface area contributed by atoms with E-state index in [4.69, 9.17) is 8.83 Å². The molecule has 0 radical (unpaired) electrons. The summed E-state index contributed by atoms with van der Waals surface area (Å²) in [5, 5.41) is 8.23. The van der Waals surface area contributed by atoms with E-state index in [1.807, 2.05) is 24.3 Å². The van der Waals surface area contributed by atoms with Gasteiger partial charge in [0.25, 0.3) is 0 Å². The SMILES string of the molecule is c1ccc2c(c1)oc1ccc(-c3ccc4c(c3)c3ccccc3n4-c3ccc(-n4c5ccccc5c5c6ccccc6oc54)cc3)cc12. The Balaban J connectivity index is 1.07. The van der Waals surface area contributed by atoms with Crippen molar-refractivity contribution in [2.75, 3.05) is 0 Å². The van der Waals surface area contributed by atoms with E-state index in [1.54, 1.807) is 0 Å². The van der Waals surface area contributed by atoms with E-state index in [1.165, 1.54) is 38.3 Å². The molecule has 4 aromatic heterocycles. The maximum Gasteiger partial charge on any atom is 0.213 e. The van der Waals surface area contributed by atoms with Gasteiger partial charge in [0, 0.05) is 43.7 Å². The van der Waals surface area contributed by atoms with Gasteiger partial charge in [-0.1, -0.05) is 84.9 Å². The molecule has 0 amide bonds. The molecule has 0 spiro atoms. The van der Waals surface area contributed by atoms with E-state index in [9.17, 15) is 0 Å². The van der Waals surface area contributed by atoms with Crippen LogP contribution in [0.1, 0.15) is 0 Å². The van der Waals surface area contributed by atoms with Crippen LogP contribution in [-0.4, -0.2) is 9.13 Å². The summed E-state index contributed by atoms with van der Waals surface area (Å²) in [5.41, 5.74) is 11.6. The van der Waals surface area contributed by atoms with Gasteiger partial charge in [-0.2, -0.15) is 0 Å². The molecule has 7 aromatic carbocycles. The molecule has 0 unspecified atom stereocenters. The lowest BCUT2D eigenvalue weighted by atomic mass is 10.0. The molecule has 4 nitrogen and oxygen atoms in total. The van der Waals surface area contributed by atoms with Crippen molar-refractivity contribution in [3.8, 4) is 22.5 Å². The quantitative estimate of drug-likeness (QED) is 0.198. The molecule has 0 aliphatic rings. The molecule has 0 bridgehead atoms. The van der Waals surface area contributed by atoms with E-state index in [0.29, 0.717) is 0 Å². The molecule has 224 valence electrons. The van der Waals surface area contributed by atoms with E-state index < -0.39 is 0 Å². The Morgan fingerprint density at radius 2 is 0.854 bits per heavy atom. The van der Waals surface area contributed by atoms with E-state index >= 15 is 0 Å². The summed E-state index contributed by atoms with van der Waals surface area (Å²) < 4.78 is 17.2. The first kappa shape index (κ1) is 25.6. The molecular weight excluding hydrogens is 588 g/mol. The van der Waals surface area contributed by atoms with Crippen LogP contribution < -0.4 is 0 Å². The van der Waals surface area contributed by atoms with Crippen LogP contribution in [0.2, 0.25) is 0 Å². The standard InChI is InChI=1S/C44H26N2O2/c1-5-13-37-31(9-1)35-25-27(28-18-24-42-36(26-28)32-10-3-7-15-40(32)47-42)17-23-39(35)45(37)29-19-21-30(22-20-29)46-38-14-6-2-11-33(38)43-34-12-4-8-16-41(34)48-44(43)46/h1-26H. The first-order valence-electron chi connectivity index (χ1n) is 16.3. The first-order valence-corrected chi connectivity index (χ1v) is 16.3. The highest BCUT2D eigenvalue weighted by atomic mass is 16.3. The van der Waals surface area contributed by atoms with Crippen LogP contribution in [-0.2, 0) is 0 Å². The third-order valence-electron chi connectivity index (χ3n) is 9.94. The van der Waals surface area contributed by atoms with Crippen molar-refractivity contribution in [2.45, 2.75) is 0 Å². The second-order valence-electron chi connectivity index (χ2n) is 12.5. The third kappa shape index (κ3) is 3.49. The fourth-order valence-electron chi connectivity index (χ4n) is 7.78. The summed E-state index contributed by atoms with van der Waals surface area (Å²) in [6.07, 6.45) is 0. The van der Waals surface area contributed by atoms with Gasteiger partial charge in [-0.15, -0.1) is 0 Å². The smallest absolute Gasteiger partial charge is 0.213 e. The lowest BCUT2D eigenvalue weighted by molar-refractivity contribution is 0.645. The molecule has 0 saturated heterocycles. The number of hydrogen-bond acceptors (Lipinski definition) is 2. The van der Waals surface area contributed by atoms with Crippen molar-refractivity contribution in [3.05, 3.63) is 158 Å². The van der Waals surface area contributed by atoms with Crippen molar-refractivity contribution < 1.29 is 8.83 Å². The highest BCUT2D eigenvalue weighted by Gasteiger charge is 2.19. The average Bonchev–Trinajstić information content (AvgIpc) is 3.88. The molecule has 11 rings (SSSR count). The predicted octanol–water partition coefficient (Wildman–Crippen LogP) is 12.2. The van der Waals surface area contributed by atoms with Gasteiger partial charge < -0.3 is 13.4 Å². The number of hydrogen-bond donors (Lipinski definition) is 0. The van der Waals surface area contributed by atoms with Crippen LogP contribution in [0.4, 0.5) is 0 Å². The predicted molar refractivity (Wildman–Crippen MR) is 198 cm³/mol. The topological polar surface area (TPSA) is 36.1 Å². The first-order chi connectivity index (χ1) is 23.8. The highest BCUT2D eigenvalue weighted by Crippen LogP contribution is 2.40. The molecule has 0 atom stereocenters. The van der Waals surface area contributed by atoms with Gasteiger partial charge in [-0.05, 0) is 83.9 Å². The maximum atomic E-state index is 6.48. The monoisotopic (exact) mass is 614 g/mol. The van der Waals surface area contributed by atoms with Crippen LogP contribution in [0.15, 0.2) is 167 Å². The van der Waals surface area contributed by atoms with Crippen LogP contribution in [0.25, 0.3) is 99.2 Å². The Labute approximate surface area is 274 Å². The minimum Gasteiger partial charge on any atom is -0.456 e. The third-order valence-corrected chi connectivity index (χ3v) is 9.94. The zero-order valence-corrected chi connectivity index (χ0v) is 25.7. The average molecular weight is 615 g/mol. The summed E-state index contributed by atoms with van der Waals surface area (Å²) >= 11 is 0. The zero-order valence-electron chi connectivity index (χ0n) is 25.7. The Kier molecular flexibility index (Phi) is 5.08. The van der Waals surface area contributed by atoms with Crippen molar-refractivity contribution in [2.24, 2.45) is 0 Å².